The Kier molecular flexibility index (Phi) is 2.93. The molecule has 0 aliphatic heterocycles. The van der Waals surface area contributed by atoms with Crippen LogP contribution in [0.15, 0.2) is 5.10 Å². The Morgan fingerprint density at radius 1 is 2.00 bits per heavy atom. The van der Waals surface area contributed by atoms with Gasteiger partial charge in [-0.25, -0.2) is 5.16 Å². The second-order valence-electron chi connectivity index (χ2n) is 0.851. The van der Waals surface area contributed by atoms with E-state index in [2.05, 4.69) is 5.10 Å². The Balaban J connectivity index is 3.45. The Morgan fingerprint density at radius 2 is 2.62 bits per heavy atom. The van der Waals surface area contributed by atoms with Gasteiger partial charge in [0.2, 0.25) is 5.96 Å². The fourth-order valence-electron chi connectivity index (χ4n) is 0.111. The van der Waals surface area contributed by atoms with Crippen molar-refractivity contribution >= 4 is 12.0 Å². The molecule has 0 heterocycles. The van der Waals surface area contributed by atoms with E-state index in [1.165, 1.54) is 5.16 Å². The molecule has 5 N–H and O–H groups in total. The minimum absolute atomic E-state index is 0.340. The fraction of sp³-hybridized carbons (Fsp3) is 0. The summed E-state index contributed by atoms with van der Waals surface area (Å²) in [5.74, 6) is -0.340. The third-order valence-corrected chi connectivity index (χ3v) is 0.278. The van der Waals surface area contributed by atoms with Crippen LogP contribution in [0.4, 0.5) is 0 Å². The number of hydrogen-bond acceptors (Lipinski definition) is 3. The maximum atomic E-state index is 9.31. The molecule has 6 heteroatoms. The monoisotopic (exact) mass is 115 g/mol. The van der Waals surface area contributed by atoms with Crippen molar-refractivity contribution in [3.8, 4) is 0 Å². The first-order valence-electron chi connectivity index (χ1n) is 1.69. The summed E-state index contributed by atoms with van der Waals surface area (Å²) in [7, 11) is 0. The van der Waals surface area contributed by atoms with Crippen molar-refractivity contribution in [3.63, 3.8) is 0 Å². The third-order valence-electron chi connectivity index (χ3n) is 0.278. The molecule has 0 aromatic carbocycles. The molecule has 0 saturated carbocycles. The largest absolute Gasteiger partial charge is 0.710 e. The summed E-state index contributed by atoms with van der Waals surface area (Å²) >= 11 is 0. The van der Waals surface area contributed by atoms with Crippen molar-refractivity contribution < 1.29 is 5.16 Å². The van der Waals surface area contributed by atoms with E-state index in [-0.39, 0.29) is 5.96 Å². The minimum Gasteiger partial charge on any atom is -0.710 e. The summed E-state index contributed by atoms with van der Waals surface area (Å²) in [6.07, 6.45) is 0. The van der Waals surface area contributed by atoms with Crippen LogP contribution < -0.4 is 16.3 Å². The van der Waals surface area contributed by atoms with E-state index in [0.29, 0.717) is 0 Å². The van der Waals surface area contributed by atoms with Crippen LogP contribution >= 0.6 is 0 Å². The van der Waals surface area contributed by atoms with E-state index in [9.17, 15) is 5.21 Å². The Morgan fingerprint density at radius 3 is 3.00 bits per heavy atom. The topological polar surface area (TPSA) is 111 Å². The van der Waals surface area contributed by atoms with Crippen molar-refractivity contribution in [2.75, 3.05) is 0 Å². The molecule has 0 aliphatic rings. The Hall–Kier alpha value is -1.55. The van der Waals surface area contributed by atoms with Gasteiger partial charge in [-0.2, -0.15) is 0 Å². The van der Waals surface area contributed by atoms with E-state index in [0.717, 1.165) is 0 Å². The molecule has 0 fully saturated rings. The van der Waals surface area contributed by atoms with Gasteiger partial charge in [0, 0.05) is 0 Å². The second-order valence-corrected chi connectivity index (χ2v) is 0.851. The van der Waals surface area contributed by atoms with Gasteiger partial charge in [0.1, 0.15) is 5.10 Å². The lowest BCUT2D eigenvalue weighted by Crippen LogP contribution is -2.58. The summed E-state index contributed by atoms with van der Waals surface area (Å²) in [5, 5.41) is 20.0. The molecule has 0 unspecified atom stereocenters. The highest BCUT2D eigenvalue weighted by molar-refractivity contribution is 5.74. The van der Waals surface area contributed by atoms with Crippen molar-refractivity contribution in [3.05, 3.63) is 5.21 Å². The molecule has 0 aromatic rings. The number of nitrogens with one attached hydrogen (secondary N) is 3. The summed E-state index contributed by atoms with van der Waals surface area (Å²) in [5.41, 5.74) is 6.70. The molecule has 0 aliphatic carbocycles. The van der Waals surface area contributed by atoms with Gasteiger partial charge >= 0.3 is 6.01 Å². The maximum Gasteiger partial charge on any atom is 0.339 e. The van der Waals surface area contributed by atoms with Crippen LogP contribution in [0.3, 0.4) is 0 Å². The van der Waals surface area contributed by atoms with Crippen molar-refractivity contribution in [2.24, 2.45) is 10.8 Å². The molecule has 6 nitrogen and oxygen atoms in total. The normalized spacial score (nSPS) is 6.50. The molecule has 44 valence electrons. The molecule has 0 amide bonds. The lowest BCUT2D eigenvalue weighted by Gasteiger charge is -1.80. The van der Waals surface area contributed by atoms with E-state index in [1.54, 1.807) is 6.01 Å². The van der Waals surface area contributed by atoms with E-state index < -0.39 is 0 Å². The quantitative estimate of drug-likeness (QED) is 0.127. The predicted molar refractivity (Wildman–Crippen MR) is 26.8 cm³/mol. The van der Waals surface area contributed by atoms with Crippen molar-refractivity contribution in [1.82, 2.24) is 5.43 Å². The average Bonchev–Trinajstić information content (AvgIpc) is 1.66. The first kappa shape index (κ1) is 6.45. The predicted octanol–water partition coefficient (Wildman–Crippen LogP) is -2.86. The van der Waals surface area contributed by atoms with Gasteiger partial charge in [-0.3, -0.25) is 5.41 Å². The SMILES string of the molecule is N=C(N)NN=C=[NH+][O-]. The van der Waals surface area contributed by atoms with Crippen LogP contribution in [0, 0.1) is 10.6 Å². The smallest absolute Gasteiger partial charge is 0.339 e. The molecular weight excluding hydrogens is 110 g/mol. The van der Waals surface area contributed by atoms with Crippen LogP contribution in [0.25, 0.3) is 0 Å². The summed E-state index contributed by atoms with van der Waals surface area (Å²) in [6.45, 7) is 0. The zero-order chi connectivity index (χ0) is 6.41. The zero-order valence-electron chi connectivity index (χ0n) is 3.93. The fourth-order valence-corrected chi connectivity index (χ4v) is 0.111. The molecule has 0 radical (unpaired) electrons. The lowest BCUT2D eigenvalue weighted by atomic mass is 11.1. The van der Waals surface area contributed by atoms with Crippen LogP contribution in [0.1, 0.15) is 0 Å². The third kappa shape index (κ3) is 4.45. The first-order valence-corrected chi connectivity index (χ1v) is 1.69. The van der Waals surface area contributed by atoms with Gasteiger partial charge in [0.05, 0.1) is 0 Å². The average molecular weight is 115 g/mol. The van der Waals surface area contributed by atoms with Gasteiger partial charge in [-0.15, -0.1) is 5.43 Å². The Bertz CT molecular complexity index is 133. The molecule has 8 heavy (non-hydrogen) atoms. The van der Waals surface area contributed by atoms with Gasteiger partial charge in [0.25, 0.3) is 0 Å². The van der Waals surface area contributed by atoms with Gasteiger partial charge in [0.15, 0.2) is 0 Å². The lowest BCUT2D eigenvalue weighted by molar-refractivity contribution is -0.365. The first-order chi connectivity index (χ1) is 3.77. The molecule has 0 atom stereocenters. The molecule has 0 aromatic heterocycles. The molecule has 0 rings (SSSR count). The summed E-state index contributed by atoms with van der Waals surface area (Å²) < 4.78 is 0. The summed E-state index contributed by atoms with van der Waals surface area (Å²) in [4.78, 5) is 0. The highest BCUT2D eigenvalue weighted by Crippen LogP contribution is 1.44. The number of nitrogens with two attached hydrogens (primary N) is 1. The van der Waals surface area contributed by atoms with E-state index in [4.69, 9.17) is 11.1 Å². The van der Waals surface area contributed by atoms with Crippen molar-refractivity contribution in [2.45, 2.75) is 0 Å². The minimum atomic E-state index is -0.340. The van der Waals surface area contributed by atoms with E-state index >= 15 is 0 Å². The Labute approximate surface area is 45.2 Å². The standard InChI is InChI=1S/C2H5N5O/c3-2(4)7-5-1-6-8/h6H,(H4-,3,4,7,8). The molecule has 0 spiro atoms. The highest BCUT2D eigenvalue weighted by Gasteiger charge is 1.80. The van der Waals surface area contributed by atoms with Gasteiger partial charge < -0.3 is 10.9 Å². The van der Waals surface area contributed by atoms with Gasteiger partial charge in [-0.05, 0) is 0 Å². The number of rotatable bonds is 1. The molecule has 0 saturated heterocycles. The molecular formula is C2H5N5O. The maximum absolute atomic E-state index is 9.31. The van der Waals surface area contributed by atoms with Crippen molar-refractivity contribution in [1.29, 1.82) is 5.41 Å². The molecule has 0 bridgehead atoms. The van der Waals surface area contributed by atoms with E-state index in [1.807, 2.05) is 5.43 Å². The van der Waals surface area contributed by atoms with Gasteiger partial charge in [-0.1, -0.05) is 0 Å². The van der Waals surface area contributed by atoms with Crippen LogP contribution in [-0.2, 0) is 0 Å². The zero-order valence-corrected chi connectivity index (χ0v) is 3.93. The second kappa shape index (κ2) is 3.63. The van der Waals surface area contributed by atoms with Crippen LogP contribution in [-0.4, -0.2) is 12.0 Å². The number of hydrazone groups is 1. The highest BCUT2D eigenvalue weighted by atomic mass is 16.4. The van der Waals surface area contributed by atoms with Crippen LogP contribution in [0.2, 0.25) is 0 Å². The number of guanidine groups is 1. The number of nitrogens with zero attached hydrogens (tertiary/aromatic N) is 1. The number of hydrogen-bond donors (Lipinski definition) is 4. The summed E-state index contributed by atoms with van der Waals surface area (Å²) in [6, 6.07) is 1.77. The van der Waals surface area contributed by atoms with Crippen LogP contribution in [0.5, 0.6) is 0 Å².